The third-order valence-electron chi connectivity index (χ3n) is 6.71. The number of fused-ring (bicyclic) bond motifs is 1. The molecule has 0 bridgehead atoms. The molecule has 0 aliphatic heterocycles. The minimum atomic E-state index is -0.532. The van der Waals surface area contributed by atoms with Crippen LogP contribution in [-0.4, -0.2) is 55.1 Å². The molecule has 4 heteroatoms. The van der Waals surface area contributed by atoms with E-state index in [1.807, 2.05) is 30.3 Å². The van der Waals surface area contributed by atoms with Gasteiger partial charge in [0.15, 0.2) is 0 Å². The lowest BCUT2D eigenvalue weighted by Gasteiger charge is -2.19. The summed E-state index contributed by atoms with van der Waals surface area (Å²) in [4.78, 5) is 2.25. The Labute approximate surface area is 182 Å². The molecular formula is C26H39NO3. The van der Waals surface area contributed by atoms with E-state index >= 15 is 0 Å². The van der Waals surface area contributed by atoms with Crippen LogP contribution in [0.3, 0.4) is 0 Å². The van der Waals surface area contributed by atoms with Crippen LogP contribution in [-0.2, 0) is 6.42 Å². The van der Waals surface area contributed by atoms with Crippen LogP contribution >= 0.6 is 0 Å². The lowest BCUT2D eigenvalue weighted by Crippen LogP contribution is -2.18. The second kappa shape index (κ2) is 11.1. The minimum absolute atomic E-state index is 0.156. The number of benzene rings is 1. The van der Waals surface area contributed by atoms with E-state index in [4.69, 9.17) is 4.74 Å². The molecule has 1 aromatic rings. The van der Waals surface area contributed by atoms with Gasteiger partial charge in [0.05, 0.1) is 19.3 Å². The van der Waals surface area contributed by atoms with Crippen molar-refractivity contribution in [3.63, 3.8) is 0 Å². The molecule has 3 rings (SSSR count). The van der Waals surface area contributed by atoms with Gasteiger partial charge < -0.3 is 19.8 Å². The van der Waals surface area contributed by atoms with E-state index in [0.717, 1.165) is 24.2 Å². The van der Waals surface area contributed by atoms with Gasteiger partial charge in [-0.3, -0.25) is 0 Å². The van der Waals surface area contributed by atoms with E-state index < -0.39 is 6.10 Å². The maximum Gasteiger partial charge on any atom is 0.118 e. The molecule has 0 spiro atoms. The van der Waals surface area contributed by atoms with Crippen molar-refractivity contribution in [2.75, 3.05) is 27.7 Å². The molecule has 0 radical (unpaired) electrons. The predicted octanol–water partition coefficient (Wildman–Crippen LogP) is 4.22. The molecule has 2 N–H and O–H groups in total. The summed E-state index contributed by atoms with van der Waals surface area (Å²) >= 11 is 0. The average molecular weight is 414 g/mol. The van der Waals surface area contributed by atoms with Gasteiger partial charge >= 0.3 is 0 Å². The van der Waals surface area contributed by atoms with Gasteiger partial charge in [-0.1, -0.05) is 42.4 Å². The third-order valence-corrected chi connectivity index (χ3v) is 6.71. The number of aliphatic hydroxyl groups is 2. The van der Waals surface area contributed by atoms with Crippen molar-refractivity contribution >= 4 is 0 Å². The molecule has 1 fully saturated rings. The second-order valence-electron chi connectivity index (χ2n) is 9.36. The minimum Gasteiger partial charge on any atom is -0.497 e. The summed E-state index contributed by atoms with van der Waals surface area (Å²) in [5, 5.41) is 21.0. The fraction of sp³-hybridized carbons (Fsp3) is 0.615. The Morgan fingerprint density at radius 3 is 2.63 bits per heavy atom. The smallest absolute Gasteiger partial charge is 0.118 e. The van der Waals surface area contributed by atoms with Crippen LogP contribution in [0.2, 0.25) is 0 Å². The summed E-state index contributed by atoms with van der Waals surface area (Å²) in [6.07, 6.45) is 13.2. The molecule has 4 nitrogen and oxygen atoms in total. The molecular weight excluding hydrogens is 374 g/mol. The van der Waals surface area contributed by atoms with Gasteiger partial charge in [-0.05, 0) is 82.3 Å². The van der Waals surface area contributed by atoms with Crippen molar-refractivity contribution in [2.24, 2.45) is 17.8 Å². The van der Waals surface area contributed by atoms with Gasteiger partial charge in [-0.25, -0.2) is 0 Å². The summed E-state index contributed by atoms with van der Waals surface area (Å²) in [6, 6.07) is 7.82. The van der Waals surface area contributed by atoms with E-state index in [0.29, 0.717) is 18.3 Å². The zero-order chi connectivity index (χ0) is 21.5. The molecule has 0 unspecified atom stereocenters. The Balaban J connectivity index is 1.46. The molecule has 166 valence electrons. The van der Waals surface area contributed by atoms with Gasteiger partial charge in [-0.2, -0.15) is 0 Å². The molecule has 0 aromatic heterocycles. The van der Waals surface area contributed by atoms with Crippen molar-refractivity contribution in [1.82, 2.24) is 4.90 Å². The Kier molecular flexibility index (Phi) is 8.55. The van der Waals surface area contributed by atoms with E-state index in [1.54, 1.807) is 12.7 Å². The van der Waals surface area contributed by atoms with Crippen LogP contribution in [0, 0.1) is 17.8 Å². The van der Waals surface area contributed by atoms with E-state index in [1.165, 1.54) is 32.2 Å². The number of methoxy groups -OCH3 is 1. The number of hydrogen-bond acceptors (Lipinski definition) is 4. The monoisotopic (exact) mass is 413 g/mol. The highest BCUT2D eigenvalue weighted by atomic mass is 16.5. The molecule has 0 amide bonds. The number of nitrogens with zero attached hydrogens (tertiary/aromatic N) is 1. The van der Waals surface area contributed by atoms with Crippen molar-refractivity contribution in [2.45, 2.75) is 57.2 Å². The van der Waals surface area contributed by atoms with Crippen LogP contribution in [0.5, 0.6) is 5.75 Å². The van der Waals surface area contributed by atoms with Crippen molar-refractivity contribution in [1.29, 1.82) is 0 Å². The normalized spacial score (nSPS) is 26.9. The Morgan fingerprint density at radius 2 is 1.93 bits per heavy atom. The first-order valence-corrected chi connectivity index (χ1v) is 11.5. The molecule has 1 aromatic carbocycles. The van der Waals surface area contributed by atoms with Crippen LogP contribution in [0.25, 0.3) is 0 Å². The van der Waals surface area contributed by atoms with Crippen LogP contribution in [0.1, 0.15) is 44.1 Å². The summed E-state index contributed by atoms with van der Waals surface area (Å²) in [6.45, 7) is 1.17. The molecule has 30 heavy (non-hydrogen) atoms. The summed E-state index contributed by atoms with van der Waals surface area (Å²) in [7, 11) is 5.92. The Bertz CT molecular complexity index is 709. The quantitative estimate of drug-likeness (QED) is 0.421. The number of unbranched alkanes of at least 4 members (excludes halogenated alkanes) is 2. The Morgan fingerprint density at radius 1 is 1.17 bits per heavy atom. The first kappa shape index (κ1) is 23.1. The maximum atomic E-state index is 10.6. The largest absolute Gasteiger partial charge is 0.497 e. The Hall–Kier alpha value is -1.62. The van der Waals surface area contributed by atoms with E-state index in [-0.39, 0.29) is 12.0 Å². The van der Waals surface area contributed by atoms with Crippen molar-refractivity contribution in [3.8, 4) is 5.75 Å². The van der Waals surface area contributed by atoms with Gasteiger partial charge in [0.2, 0.25) is 0 Å². The molecule has 5 atom stereocenters. The number of hydrogen-bond donors (Lipinski definition) is 2. The SMILES string of the molecule is COc1ccc(C[C@H](O)C=C[C@@H]2[C@H]3CC(CCCCCN(C)C)=C[C@H]3C[C@H]2O)cc1. The fourth-order valence-electron chi connectivity index (χ4n) is 5.08. The fourth-order valence-corrected chi connectivity index (χ4v) is 5.08. The summed E-state index contributed by atoms with van der Waals surface area (Å²) < 4.78 is 5.18. The average Bonchev–Trinajstić information content (AvgIpc) is 3.23. The zero-order valence-electron chi connectivity index (χ0n) is 18.8. The van der Waals surface area contributed by atoms with Gasteiger partial charge in [0, 0.05) is 12.3 Å². The van der Waals surface area contributed by atoms with Gasteiger partial charge in [-0.15, -0.1) is 0 Å². The third kappa shape index (κ3) is 6.44. The lowest BCUT2D eigenvalue weighted by molar-refractivity contribution is 0.140. The van der Waals surface area contributed by atoms with Crippen LogP contribution < -0.4 is 4.74 Å². The predicted molar refractivity (Wildman–Crippen MR) is 123 cm³/mol. The van der Waals surface area contributed by atoms with Gasteiger partial charge in [0.25, 0.3) is 0 Å². The lowest BCUT2D eigenvalue weighted by atomic mass is 9.88. The summed E-state index contributed by atoms with van der Waals surface area (Å²) in [5.74, 6) is 1.99. The van der Waals surface area contributed by atoms with Crippen molar-refractivity contribution in [3.05, 3.63) is 53.6 Å². The number of rotatable bonds is 11. The topological polar surface area (TPSA) is 52.9 Å². The molecule has 0 heterocycles. The highest BCUT2D eigenvalue weighted by Gasteiger charge is 2.43. The number of allylic oxidation sites excluding steroid dienone is 2. The van der Waals surface area contributed by atoms with Crippen molar-refractivity contribution < 1.29 is 14.9 Å². The highest BCUT2D eigenvalue weighted by molar-refractivity contribution is 5.28. The second-order valence-corrected chi connectivity index (χ2v) is 9.36. The molecule has 2 aliphatic carbocycles. The van der Waals surface area contributed by atoms with Crippen LogP contribution in [0.15, 0.2) is 48.1 Å². The van der Waals surface area contributed by atoms with E-state index in [9.17, 15) is 10.2 Å². The van der Waals surface area contributed by atoms with Gasteiger partial charge in [0.1, 0.15) is 5.75 Å². The highest BCUT2D eigenvalue weighted by Crippen LogP contribution is 2.48. The summed E-state index contributed by atoms with van der Waals surface area (Å²) in [5.41, 5.74) is 2.66. The number of ether oxygens (including phenoxy) is 1. The molecule has 0 saturated heterocycles. The molecule has 2 aliphatic rings. The number of aliphatic hydroxyl groups excluding tert-OH is 2. The molecule has 1 saturated carbocycles. The first-order valence-electron chi connectivity index (χ1n) is 11.5. The first-order chi connectivity index (χ1) is 14.5. The zero-order valence-corrected chi connectivity index (χ0v) is 18.8. The standard InChI is InChI=1S/C26H39NO3/c1-27(2)14-6-4-5-7-20-15-21-18-26(29)24(25(21)17-20)13-10-22(28)16-19-8-11-23(30-3)12-9-19/h8-13,15,21-22,24-26,28-29H,4-7,14,16-18H2,1-3H3/t21-,22+,24+,25-,26+/m0/s1. The maximum absolute atomic E-state index is 10.6. The van der Waals surface area contributed by atoms with E-state index in [2.05, 4.69) is 31.1 Å². The van der Waals surface area contributed by atoms with Crippen LogP contribution in [0.4, 0.5) is 0 Å².